The molecule has 0 aromatic rings. The van der Waals surface area contributed by atoms with Crippen LogP contribution in [0.15, 0.2) is 0 Å². The minimum Gasteiger partial charge on any atom is -0.467 e. The van der Waals surface area contributed by atoms with Crippen LogP contribution in [0.3, 0.4) is 0 Å². The van der Waals surface area contributed by atoms with Crippen LogP contribution in [-0.2, 0) is 19.0 Å². The van der Waals surface area contributed by atoms with Gasteiger partial charge in [0, 0.05) is 6.42 Å². The van der Waals surface area contributed by atoms with Crippen LogP contribution in [0, 0.1) is 0 Å². The van der Waals surface area contributed by atoms with Crippen molar-refractivity contribution in [2.24, 2.45) is 0 Å². The van der Waals surface area contributed by atoms with Crippen molar-refractivity contribution in [3.05, 3.63) is 0 Å². The maximum atomic E-state index is 11.2. The second kappa shape index (κ2) is 4.08. The second-order valence-electron chi connectivity index (χ2n) is 4.42. The zero-order valence-corrected chi connectivity index (χ0v) is 9.57. The summed E-state index contributed by atoms with van der Waals surface area (Å²) in [5.41, 5.74) is -1.52. The molecular weight excluding hydrogens is 200 g/mol. The third-order valence-corrected chi connectivity index (χ3v) is 2.32. The van der Waals surface area contributed by atoms with Crippen molar-refractivity contribution in [2.45, 2.75) is 44.7 Å². The molecule has 0 spiro atoms. The van der Waals surface area contributed by atoms with E-state index >= 15 is 0 Å². The van der Waals surface area contributed by atoms with E-state index in [1.165, 1.54) is 14.0 Å². The van der Waals surface area contributed by atoms with E-state index in [2.05, 4.69) is 4.74 Å². The third kappa shape index (κ3) is 3.15. The van der Waals surface area contributed by atoms with E-state index in [1.54, 1.807) is 13.8 Å². The predicted octanol–water partition coefficient (Wildman–Crippen LogP) is 0.452. The summed E-state index contributed by atoms with van der Waals surface area (Å²) in [4.78, 5) is 11.2. The van der Waals surface area contributed by atoms with Gasteiger partial charge >= 0.3 is 5.97 Å². The van der Waals surface area contributed by atoms with Crippen molar-refractivity contribution in [1.29, 1.82) is 0 Å². The van der Waals surface area contributed by atoms with Crippen molar-refractivity contribution < 1.29 is 24.1 Å². The number of esters is 1. The van der Waals surface area contributed by atoms with Crippen LogP contribution in [0.1, 0.15) is 27.2 Å². The van der Waals surface area contributed by atoms with Crippen molar-refractivity contribution in [1.82, 2.24) is 0 Å². The molecule has 0 unspecified atom stereocenters. The summed E-state index contributed by atoms with van der Waals surface area (Å²) in [6, 6.07) is 0. The summed E-state index contributed by atoms with van der Waals surface area (Å²) in [7, 11) is 1.24. The first-order chi connectivity index (χ1) is 6.77. The number of carbonyl (C=O) groups is 1. The van der Waals surface area contributed by atoms with Gasteiger partial charge in [0.05, 0.1) is 19.8 Å². The van der Waals surface area contributed by atoms with Crippen LogP contribution in [0.2, 0.25) is 0 Å². The molecule has 0 aliphatic carbocycles. The Balaban J connectivity index is 2.52. The highest BCUT2D eigenvalue weighted by Crippen LogP contribution is 2.27. The number of hydrogen-bond donors (Lipinski definition) is 1. The van der Waals surface area contributed by atoms with E-state index in [-0.39, 0.29) is 12.5 Å². The van der Waals surface area contributed by atoms with Crippen molar-refractivity contribution in [2.75, 3.05) is 13.7 Å². The average molecular weight is 218 g/mol. The first kappa shape index (κ1) is 12.4. The molecule has 0 amide bonds. The van der Waals surface area contributed by atoms with Gasteiger partial charge in [-0.25, -0.2) is 4.79 Å². The van der Waals surface area contributed by atoms with Crippen LogP contribution in [0.25, 0.3) is 0 Å². The molecule has 88 valence electrons. The number of hydrogen-bond acceptors (Lipinski definition) is 5. The van der Waals surface area contributed by atoms with E-state index in [9.17, 15) is 9.90 Å². The third-order valence-electron chi connectivity index (χ3n) is 2.32. The van der Waals surface area contributed by atoms with E-state index in [0.29, 0.717) is 6.61 Å². The van der Waals surface area contributed by atoms with Gasteiger partial charge in [0.2, 0.25) is 0 Å². The highest BCUT2D eigenvalue weighted by Gasteiger charge is 2.40. The SMILES string of the molecule is COC(=O)[C@](C)(O)C[C@H]1COC(C)(C)O1. The number of rotatable bonds is 3. The van der Waals surface area contributed by atoms with Gasteiger partial charge in [0.25, 0.3) is 0 Å². The summed E-state index contributed by atoms with van der Waals surface area (Å²) >= 11 is 0. The molecule has 0 aromatic heterocycles. The Hall–Kier alpha value is -0.650. The lowest BCUT2D eigenvalue weighted by Gasteiger charge is -2.23. The summed E-state index contributed by atoms with van der Waals surface area (Å²) in [5.74, 6) is -1.30. The van der Waals surface area contributed by atoms with Gasteiger partial charge in [0.1, 0.15) is 0 Å². The van der Waals surface area contributed by atoms with Gasteiger partial charge in [-0.2, -0.15) is 0 Å². The fraction of sp³-hybridized carbons (Fsp3) is 0.900. The summed E-state index contributed by atoms with van der Waals surface area (Å²) in [6.45, 7) is 5.37. The van der Waals surface area contributed by atoms with Gasteiger partial charge in [-0.05, 0) is 20.8 Å². The fourth-order valence-corrected chi connectivity index (χ4v) is 1.61. The molecule has 1 aliphatic rings. The van der Waals surface area contributed by atoms with E-state index in [1.807, 2.05) is 0 Å². The summed E-state index contributed by atoms with van der Waals surface area (Å²) in [6.07, 6.45) is -0.113. The van der Waals surface area contributed by atoms with Crippen LogP contribution in [-0.4, -0.2) is 42.3 Å². The van der Waals surface area contributed by atoms with E-state index in [0.717, 1.165) is 0 Å². The smallest absolute Gasteiger partial charge is 0.337 e. The van der Waals surface area contributed by atoms with Gasteiger partial charge in [0.15, 0.2) is 11.4 Å². The lowest BCUT2D eigenvalue weighted by atomic mass is 9.99. The molecule has 1 aliphatic heterocycles. The summed E-state index contributed by atoms with van der Waals surface area (Å²) in [5, 5.41) is 9.80. The molecule has 1 saturated heterocycles. The minimum absolute atomic E-state index is 0.170. The molecule has 1 rings (SSSR count). The molecule has 0 aromatic carbocycles. The molecule has 5 heteroatoms. The molecule has 1 N–H and O–H groups in total. The fourth-order valence-electron chi connectivity index (χ4n) is 1.61. The maximum Gasteiger partial charge on any atom is 0.337 e. The van der Waals surface area contributed by atoms with E-state index < -0.39 is 17.4 Å². The lowest BCUT2D eigenvalue weighted by Crippen LogP contribution is -2.40. The van der Waals surface area contributed by atoms with Gasteiger partial charge < -0.3 is 19.3 Å². The average Bonchev–Trinajstić information content (AvgIpc) is 2.43. The monoisotopic (exact) mass is 218 g/mol. The molecule has 5 nitrogen and oxygen atoms in total. The highest BCUT2D eigenvalue weighted by atomic mass is 16.7. The second-order valence-corrected chi connectivity index (χ2v) is 4.42. The van der Waals surface area contributed by atoms with E-state index in [4.69, 9.17) is 9.47 Å². The number of methoxy groups -OCH3 is 1. The highest BCUT2D eigenvalue weighted by molar-refractivity contribution is 5.78. The predicted molar refractivity (Wildman–Crippen MR) is 52.2 cm³/mol. The van der Waals surface area contributed by atoms with Gasteiger partial charge in [-0.15, -0.1) is 0 Å². The molecule has 2 atom stereocenters. The summed E-state index contributed by atoms with van der Waals surface area (Å²) < 4.78 is 15.3. The van der Waals surface area contributed by atoms with Gasteiger partial charge in [-0.1, -0.05) is 0 Å². The zero-order valence-electron chi connectivity index (χ0n) is 9.57. The Morgan fingerprint density at radius 1 is 1.67 bits per heavy atom. The van der Waals surface area contributed by atoms with Crippen molar-refractivity contribution in [3.63, 3.8) is 0 Å². The maximum absolute atomic E-state index is 11.2. The van der Waals surface area contributed by atoms with Crippen LogP contribution < -0.4 is 0 Å². The molecule has 0 saturated carbocycles. The zero-order chi connectivity index (χ0) is 11.7. The molecule has 0 bridgehead atoms. The largest absolute Gasteiger partial charge is 0.467 e. The Morgan fingerprint density at radius 3 is 2.67 bits per heavy atom. The minimum atomic E-state index is -1.52. The standard InChI is InChI=1S/C10H18O5/c1-9(2)14-6-7(15-9)5-10(3,12)8(11)13-4/h7,12H,5-6H2,1-4H3/t7-,10+/m0/s1. The quantitative estimate of drug-likeness (QED) is 0.697. The molecular formula is C10H18O5. The number of ether oxygens (including phenoxy) is 3. The van der Waals surface area contributed by atoms with Crippen LogP contribution >= 0.6 is 0 Å². The number of aliphatic hydroxyl groups is 1. The van der Waals surface area contributed by atoms with Gasteiger partial charge in [-0.3, -0.25) is 0 Å². The Morgan fingerprint density at radius 2 is 2.27 bits per heavy atom. The lowest BCUT2D eigenvalue weighted by molar-refractivity contribution is -0.169. The first-order valence-corrected chi connectivity index (χ1v) is 4.89. The Labute approximate surface area is 89.3 Å². The van der Waals surface area contributed by atoms with Crippen molar-refractivity contribution in [3.8, 4) is 0 Å². The Bertz CT molecular complexity index is 246. The topological polar surface area (TPSA) is 65.0 Å². The number of carbonyl (C=O) groups excluding carboxylic acids is 1. The van der Waals surface area contributed by atoms with Crippen LogP contribution in [0.5, 0.6) is 0 Å². The molecule has 0 radical (unpaired) electrons. The molecule has 1 heterocycles. The molecule has 15 heavy (non-hydrogen) atoms. The molecule has 1 fully saturated rings. The van der Waals surface area contributed by atoms with Crippen LogP contribution in [0.4, 0.5) is 0 Å². The Kier molecular flexibility index (Phi) is 3.38. The normalized spacial score (nSPS) is 28.5. The van der Waals surface area contributed by atoms with Crippen molar-refractivity contribution >= 4 is 5.97 Å². The first-order valence-electron chi connectivity index (χ1n) is 4.89.